The average molecular weight is 483 g/mol. The van der Waals surface area contributed by atoms with Gasteiger partial charge >= 0.3 is 11.9 Å². The highest BCUT2D eigenvalue weighted by atomic mass is 16.6. The minimum Gasteiger partial charge on any atom is -0.454 e. The van der Waals surface area contributed by atoms with Crippen LogP contribution < -0.4 is 0 Å². The standard InChI is InChI=1S/C28H34O7/c1-15-14-23(34-24(31)16(15)2)27(4)21-11-10-20(29)18-9-8-17-6-5-7-22(30)26(17,3)19(18)12-13-28(21,33)25(32)35-27/h5-6,8,18-19,21,23,33H,7,9-14H2,1-4H3/t18-,19+,21-,23-,26+,27-,28-/m1/s1. The van der Waals surface area contributed by atoms with Crippen molar-refractivity contribution in [2.75, 3.05) is 0 Å². The van der Waals surface area contributed by atoms with Crippen molar-refractivity contribution in [3.8, 4) is 0 Å². The number of rotatable bonds is 1. The first-order valence-corrected chi connectivity index (χ1v) is 12.7. The Morgan fingerprint density at radius 2 is 1.83 bits per heavy atom. The van der Waals surface area contributed by atoms with Crippen LogP contribution in [0.25, 0.3) is 0 Å². The third-order valence-electron chi connectivity index (χ3n) is 9.79. The molecule has 0 aromatic heterocycles. The molecule has 0 radical (unpaired) electrons. The first-order valence-electron chi connectivity index (χ1n) is 12.7. The molecule has 5 aliphatic rings. The van der Waals surface area contributed by atoms with E-state index in [1.165, 1.54) is 0 Å². The molecule has 0 bridgehead atoms. The van der Waals surface area contributed by atoms with Crippen LogP contribution in [0.5, 0.6) is 0 Å². The minimum absolute atomic E-state index is 0.0485. The van der Waals surface area contributed by atoms with Gasteiger partial charge in [0.15, 0.2) is 11.2 Å². The molecule has 7 atom stereocenters. The van der Waals surface area contributed by atoms with Crippen molar-refractivity contribution >= 4 is 23.5 Å². The van der Waals surface area contributed by atoms with E-state index in [0.717, 1.165) is 11.1 Å². The van der Waals surface area contributed by atoms with E-state index in [1.807, 2.05) is 32.1 Å². The lowest BCUT2D eigenvalue weighted by Crippen LogP contribution is -2.53. The number of esters is 2. The van der Waals surface area contributed by atoms with Crippen molar-refractivity contribution in [2.24, 2.45) is 23.2 Å². The first-order chi connectivity index (χ1) is 16.4. The maximum Gasteiger partial charge on any atom is 0.339 e. The Kier molecular flexibility index (Phi) is 5.51. The number of carbonyl (C=O) groups excluding carboxylic acids is 4. The molecule has 1 saturated carbocycles. The summed E-state index contributed by atoms with van der Waals surface area (Å²) in [7, 11) is 0. The zero-order valence-electron chi connectivity index (χ0n) is 20.9. The number of fused-ring (bicyclic) bond motifs is 4. The van der Waals surface area contributed by atoms with Gasteiger partial charge in [-0.25, -0.2) is 9.59 Å². The second kappa shape index (κ2) is 7.99. The molecule has 2 heterocycles. The van der Waals surface area contributed by atoms with Crippen LogP contribution >= 0.6 is 0 Å². The normalized spacial score (nSPS) is 43.7. The molecule has 0 spiro atoms. The molecular formula is C28H34O7. The maximum atomic E-state index is 13.5. The van der Waals surface area contributed by atoms with Crippen molar-refractivity contribution in [1.29, 1.82) is 0 Å². The minimum atomic E-state index is -1.81. The van der Waals surface area contributed by atoms with E-state index in [2.05, 4.69) is 0 Å². The Hall–Kier alpha value is -2.54. The summed E-state index contributed by atoms with van der Waals surface area (Å²) in [6.07, 6.45) is 7.24. The summed E-state index contributed by atoms with van der Waals surface area (Å²) in [6.45, 7) is 7.18. The predicted molar refractivity (Wildman–Crippen MR) is 126 cm³/mol. The SMILES string of the molecule is CC1=C(C)C(=O)O[C@@H]([C@]2(C)OC(=O)[C@@]3(O)CC[C@H]4[C@@H](CC=C5C=CCC(=O)[C@@]54C)C(=O)CC[C@H]23)C1. The van der Waals surface area contributed by atoms with Gasteiger partial charge in [0.25, 0.3) is 0 Å². The van der Waals surface area contributed by atoms with E-state index < -0.39 is 40.6 Å². The number of allylic oxidation sites excluding steroid dienone is 4. The third-order valence-corrected chi connectivity index (χ3v) is 9.79. The molecule has 7 heteroatoms. The number of hydrogen-bond acceptors (Lipinski definition) is 7. The molecule has 188 valence electrons. The van der Waals surface area contributed by atoms with Gasteiger partial charge in [0, 0.05) is 36.7 Å². The number of ether oxygens (including phenoxy) is 2. The Balaban J connectivity index is 1.51. The molecule has 0 aromatic rings. The molecule has 3 aliphatic carbocycles. The van der Waals surface area contributed by atoms with Crippen LogP contribution in [0.15, 0.2) is 34.9 Å². The van der Waals surface area contributed by atoms with E-state index in [-0.39, 0.29) is 42.7 Å². The molecule has 2 fully saturated rings. The molecule has 2 aliphatic heterocycles. The Bertz CT molecular complexity index is 1110. The lowest BCUT2D eigenvalue weighted by Gasteiger charge is -2.46. The Morgan fingerprint density at radius 3 is 2.54 bits per heavy atom. The number of Topliss-reactive ketones (excluding diaryl/α,β-unsaturated/α-hetero) is 2. The van der Waals surface area contributed by atoms with Crippen molar-refractivity contribution < 1.29 is 33.8 Å². The van der Waals surface area contributed by atoms with Gasteiger partial charge in [-0.05, 0) is 64.9 Å². The van der Waals surface area contributed by atoms with E-state index in [1.54, 1.807) is 13.8 Å². The fraction of sp³-hybridized carbons (Fsp3) is 0.643. The van der Waals surface area contributed by atoms with Crippen molar-refractivity contribution in [2.45, 2.75) is 89.9 Å². The van der Waals surface area contributed by atoms with Crippen LogP contribution in [-0.2, 0) is 28.7 Å². The zero-order valence-corrected chi connectivity index (χ0v) is 20.9. The number of cyclic esters (lactones) is 2. The zero-order chi connectivity index (χ0) is 25.3. The van der Waals surface area contributed by atoms with Crippen molar-refractivity contribution in [3.05, 3.63) is 34.9 Å². The van der Waals surface area contributed by atoms with Gasteiger partial charge in [-0.1, -0.05) is 23.8 Å². The van der Waals surface area contributed by atoms with Crippen LogP contribution in [0.1, 0.15) is 72.6 Å². The van der Waals surface area contributed by atoms with Gasteiger partial charge in [0.1, 0.15) is 17.7 Å². The van der Waals surface area contributed by atoms with Gasteiger partial charge in [-0.15, -0.1) is 0 Å². The first kappa shape index (κ1) is 24.2. The number of aliphatic hydroxyl groups is 1. The molecule has 1 N–H and O–H groups in total. The average Bonchev–Trinajstić information content (AvgIpc) is 3.03. The van der Waals surface area contributed by atoms with Gasteiger partial charge in [0.05, 0.1) is 5.41 Å². The molecule has 0 unspecified atom stereocenters. The van der Waals surface area contributed by atoms with Crippen LogP contribution in [0.4, 0.5) is 0 Å². The summed E-state index contributed by atoms with van der Waals surface area (Å²) >= 11 is 0. The molecule has 35 heavy (non-hydrogen) atoms. The number of ketones is 2. The molecular weight excluding hydrogens is 448 g/mol. The van der Waals surface area contributed by atoms with Gasteiger partial charge in [-0.3, -0.25) is 9.59 Å². The summed E-state index contributed by atoms with van der Waals surface area (Å²) in [6, 6.07) is 0. The number of carbonyl (C=O) groups is 4. The highest BCUT2D eigenvalue weighted by Crippen LogP contribution is 2.56. The second-order valence-corrected chi connectivity index (χ2v) is 11.4. The fourth-order valence-corrected chi connectivity index (χ4v) is 7.31. The molecule has 5 rings (SSSR count). The Morgan fingerprint density at radius 1 is 1.09 bits per heavy atom. The largest absolute Gasteiger partial charge is 0.454 e. The van der Waals surface area contributed by atoms with Crippen LogP contribution in [0, 0.1) is 23.2 Å². The van der Waals surface area contributed by atoms with Gasteiger partial charge < -0.3 is 14.6 Å². The van der Waals surface area contributed by atoms with Crippen LogP contribution in [0.2, 0.25) is 0 Å². The number of hydrogen-bond donors (Lipinski definition) is 1. The highest BCUT2D eigenvalue weighted by Gasteiger charge is 2.66. The molecule has 7 nitrogen and oxygen atoms in total. The fourth-order valence-electron chi connectivity index (χ4n) is 7.31. The Labute approximate surface area is 205 Å². The lowest BCUT2D eigenvalue weighted by atomic mass is 9.56. The molecule has 0 aromatic carbocycles. The predicted octanol–water partition coefficient (Wildman–Crippen LogP) is 3.54. The quantitative estimate of drug-likeness (QED) is 0.570. The summed E-state index contributed by atoms with van der Waals surface area (Å²) < 4.78 is 11.5. The van der Waals surface area contributed by atoms with E-state index in [4.69, 9.17) is 9.47 Å². The summed E-state index contributed by atoms with van der Waals surface area (Å²) in [5, 5.41) is 11.8. The third kappa shape index (κ3) is 3.34. The topological polar surface area (TPSA) is 107 Å². The van der Waals surface area contributed by atoms with Crippen molar-refractivity contribution in [3.63, 3.8) is 0 Å². The van der Waals surface area contributed by atoms with Crippen LogP contribution in [-0.4, -0.2) is 45.9 Å². The maximum absolute atomic E-state index is 13.5. The van der Waals surface area contributed by atoms with E-state index in [0.29, 0.717) is 31.3 Å². The summed E-state index contributed by atoms with van der Waals surface area (Å²) in [4.78, 5) is 52.4. The summed E-state index contributed by atoms with van der Waals surface area (Å²) in [5.41, 5.74) is -1.55. The van der Waals surface area contributed by atoms with Crippen molar-refractivity contribution in [1.82, 2.24) is 0 Å². The highest BCUT2D eigenvalue weighted by molar-refractivity contribution is 5.94. The smallest absolute Gasteiger partial charge is 0.339 e. The van der Waals surface area contributed by atoms with Crippen LogP contribution in [0.3, 0.4) is 0 Å². The molecule has 0 amide bonds. The molecule has 1 saturated heterocycles. The summed E-state index contributed by atoms with van der Waals surface area (Å²) in [5.74, 6) is -2.40. The lowest BCUT2D eigenvalue weighted by molar-refractivity contribution is -0.177. The van der Waals surface area contributed by atoms with Gasteiger partial charge in [0.2, 0.25) is 0 Å². The van der Waals surface area contributed by atoms with Gasteiger partial charge in [-0.2, -0.15) is 0 Å². The van der Waals surface area contributed by atoms with E-state index in [9.17, 15) is 24.3 Å². The monoisotopic (exact) mass is 482 g/mol. The van der Waals surface area contributed by atoms with E-state index >= 15 is 0 Å². The second-order valence-electron chi connectivity index (χ2n) is 11.4.